The van der Waals surface area contributed by atoms with Crippen molar-refractivity contribution in [3.63, 3.8) is 0 Å². The Bertz CT molecular complexity index is 599. The maximum absolute atomic E-state index is 12.5. The van der Waals surface area contributed by atoms with Crippen molar-refractivity contribution >= 4 is 0 Å². The third-order valence-electron chi connectivity index (χ3n) is 2.05. The molecule has 0 unspecified atom stereocenters. The molecule has 0 saturated heterocycles. The standard InChI is InChI=1S/C9H7F3N4O/c1-16-4-5(3-13-16)6-2-7(9(10,11)12)15-8(17)14-6/h2-4H,1H3,(H,14,15,17). The lowest BCUT2D eigenvalue weighted by Gasteiger charge is -2.06. The number of aryl methyl sites for hydroxylation is 1. The molecule has 0 aromatic carbocycles. The molecule has 1 N–H and O–H groups in total. The number of halogens is 3. The summed E-state index contributed by atoms with van der Waals surface area (Å²) >= 11 is 0. The topological polar surface area (TPSA) is 63.6 Å². The van der Waals surface area contributed by atoms with Crippen molar-refractivity contribution in [3.8, 4) is 11.3 Å². The minimum absolute atomic E-state index is 0.0609. The Morgan fingerprint density at radius 1 is 1.41 bits per heavy atom. The van der Waals surface area contributed by atoms with E-state index in [0.29, 0.717) is 5.56 Å². The molecule has 0 aliphatic carbocycles. The van der Waals surface area contributed by atoms with Gasteiger partial charge in [-0.25, -0.2) is 4.79 Å². The van der Waals surface area contributed by atoms with Gasteiger partial charge in [-0.15, -0.1) is 0 Å². The molecule has 0 amide bonds. The summed E-state index contributed by atoms with van der Waals surface area (Å²) in [6.07, 6.45) is -1.80. The Balaban J connectivity index is 2.57. The Morgan fingerprint density at radius 2 is 2.12 bits per heavy atom. The van der Waals surface area contributed by atoms with Crippen LogP contribution >= 0.6 is 0 Å². The zero-order valence-electron chi connectivity index (χ0n) is 8.62. The van der Waals surface area contributed by atoms with Crippen molar-refractivity contribution in [2.45, 2.75) is 6.18 Å². The van der Waals surface area contributed by atoms with Crippen LogP contribution in [0.15, 0.2) is 23.3 Å². The number of nitrogens with zero attached hydrogens (tertiary/aromatic N) is 3. The number of aromatic nitrogens is 4. The molecule has 0 aliphatic rings. The van der Waals surface area contributed by atoms with Crippen molar-refractivity contribution in [1.29, 1.82) is 0 Å². The summed E-state index contributed by atoms with van der Waals surface area (Å²) in [5.74, 6) is 0. The highest BCUT2D eigenvalue weighted by atomic mass is 19.4. The summed E-state index contributed by atoms with van der Waals surface area (Å²) in [6.45, 7) is 0. The monoisotopic (exact) mass is 244 g/mol. The van der Waals surface area contributed by atoms with Gasteiger partial charge in [0.15, 0.2) is 0 Å². The average molecular weight is 244 g/mol. The molecule has 90 valence electrons. The van der Waals surface area contributed by atoms with Gasteiger partial charge in [0.25, 0.3) is 0 Å². The summed E-state index contributed by atoms with van der Waals surface area (Å²) in [7, 11) is 1.61. The van der Waals surface area contributed by atoms with E-state index >= 15 is 0 Å². The second-order valence-electron chi connectivity index (χ2n) is 3.39. The maximum Gasteiger partial charge on any atom is 0.431 e. The van der Waals surface area contributed by atoms with Crippen molar-refractivity contribution in [2.24, 2.45) is 7.05 Å². The number of aromatic amines is 1. The summed E-state index contributed by atoms with van der Waals surface area (Å²) in [5.41, 5.74) is -1.88. The highest BCUT2D eigenvalue weighted by molar-refractivity contribution is 5.56. The van der Waals surface area contributed by atoms with Gasteiger partial charge < -0.3 is 4.98 Å². The van der Waals surface area contributed by atoms with Gasteiger partial charge in [-0.1, -0.05) is 0 Å². The van der Waals surface area contributed by atoms with E-state index in [9.17, 15) is 18.0 Å². The lowest BCUT2D eigenvalue weighted by molar-refractivity contribution is -0.141. The number of hydrogen-bond donors (Lipinski definition) is 1. The number of alkyl halides is 3. The largest absolute Gasteiger partial charge is 0.431 e. The highest BCUT2D eigenvalue weighted by Crippen LogP contribution is 2.28. The molecule has 17 heavy (non-hydrogen) atoms. The van der Waals surface area contributed by atoms with Gasteiger partial charge in [0.2, 0.25) is 0 Å². The van der Waals surface area contributed by atoms with Crippen LogP contribution in [0.3, 0.4) is 0 Å². The van der Waals surface area contributed by atoms with E-state index in [-0.39, 0.29) is 5.69 Å². The second kappa shape index (κ2) is 3.72. The number of nitrogens with one attached hydrogen (secondary N) is 1. The van der Waals surface area contributed by atoms with E-state index < -0.39 is 17.6 Å². The molecular weight excluding hydrogens is 237 g/mol. The average Bonchev–Trinajstić information content (AvgIpc) is 2.62. The smallest absolute Gasteiger partial charge is 0.302 e. The summed E-state index contributed by atoms with van der Waals surface area (Å²) in [4.78, 5) is 16.2. The van der Waals surface area contributed by atoms with Gasteiger partial charge in [-0.05, 0) is 6.07 Å². The molecule has 2 aromatic rings. The number of H-pyrrole nitrogens is 1. The van der Waals surface area contributed by atoms with Crippen molar-refractivity contribution in [2.75, 3.05) is 0 Å². The second-order valence-corrected chi connectivity index (χ2v) is 3.39. The van der Waals surface area contributed by atoms with Crippen LogP contribution in [0, 0.1) is 0 Å². The first-order valence-electron chi connectivity index (χ1n) is 4.54. The van der Waals surface area contributed by atoms with Crippen LogP contribution in [0.25, 0.3) is 11.3 Å². The first-order valence-corrected chi connectivity index (χ1v) is 4.54. The highest BCUT2D eigenvalue weighted by Gasteiger charge is 2.32. The molecule has 0 atom stereocenters. The molecule has 2 rings (SSSR count). The predicted octanol–water partition coefficient (Wildman–Crippen LogP) is 1.19. The van der Waals surface area contributed by atoms with E-state index in [2.05, 4.69) is 10.1 Å². The zero-order chi connectivity index (χ0) is 12.6. The predicted molar refractivity (Wildman–Crippen MR) is 52.1 cm³/mol. The van der Waals surface area contributed by atoms with E-state index in [1.54, 1.807) is 12.0 Å². The Hall–Kier alpha value is -2.12. The third-order valence-corrected chi connectivity index (χ3v) is 2.05. The van der Waals surface area contributed by atoms with E-state index in [4.69, 9.17) is 0 Å². The molecule has 0 saturated carbocycles. The van der Waals surface area contributed by atoms with Crippen LogP contribution in [-0.2, 0) is 13.2 Å². The molecular formula is C9H7F3N4O. The van der Waals surface area contributed by atoms with Gasteiger partial charge in [-0.3, -0.25) is 4.68 Å². The van der Waals surface area contributed by atoms with E-state index in [1.165, 1.54) is 17.1 Å². The van der Waals surface area contributed by atoms with Crippen LogP contribution in [0.2, 0.25) is 0 Å². The van der Waals surface area contributed by atoms with Crippen LogP contribution in [0.1, 0.15) is 5.69 Å². The van der Waals surface area contributed by atoms with Crippen molar-refractivity contribution < 1.29 is 13.2 Å². The molecule has 0 fully saturated rings. The normalized spacial score (nSPS) is 11.8. The molecule has 8 heteroatoms. The van der Waals surface area contributed by atoms with Crippen LogP contribution in [0.5, 0.6) is 0 Å². The fourth-order valence-corrected chi connectivity index (χ4v) is 1.31. The molecule has 0 aliphatic heterocycles. The zero-order valence-corrected chi connectivity index (χ0v) is 8.62. The minimum atomic E-state index is -4.61. The molecule has 0 radical (unpaired) electrons. The quantitative estimate of drug-likeness (QED) is 0.819. The van der Waals surface area contributed by atoms with Gasteiger partial charge in [0.1, 0.15) is 5.69 Å². The fourth-order valence-electron chi connectivity index (χ4n) is 1.31. The van der Waals surface area contributed by atoms with Crippen LogP contribution < -0.4 is 5.69 Å². The van der Waals surface area contributed by atoms with Gasteiger partial charge in [0.05, 0.1) is 11.9 Å². The summed E-state index contributed by atoms with van der Waals surface area (Å²) in [6, 6.07) is 0.776. The molecule has 2 aromatic heterocycles. The fraction of sp³-hybridized carbons (Fsp3) is 0.222. The molecule has 0 bridgehead atoms. The van der Waals surface area contributed by atoms with Crippen molar-refractivity contribution in [3.05, 3.63) is 34.6 Å². The summed E-state index contributed by atoms with van der Waals surface area (Å²) in [5, 5.41) is 3.80. The minimum Gasteiger partial charge on any atom is -0.302 e. The Labute approximate surface area is 92.9 Å². The molecule has 0 spiro atoms. The molecule has 2 heterocycles. The lowest BCUT2D eigenvalue weighted by atomic mass is 10.2. The first-order chi connectivity index (χ1) is 7.86. The van der Waals surface area contributed by atoms with Crippen LogP contribution in [-0.4, -0.2) is 19.7 Å². The molecule has 5 nitrogen and oxygen atoms in total. The van der Waals surface area contributed by atoms with E-state index in [1.807, 2.05) is 0 Å². The first kappa shape index (κ1) is 11.4. The Kier molecular flexibility index (Phi) is 2.49. The lowest BCUT2D eigenvalue weighted by Crippen LogP contribution is -2.19. The Morgan fingerprint density at radius 3 is 2.65 bits per heavy atom. The van der Waals surface area contributed by atoms with Crippen LogP contribution in [0.4, 0.5) is 13.2 Å². The maximum atomic E-state index is 12.5. The van der Waals surface area contributed by atoms with Gasteiger partial charge >= 0.3 is 11.9 Å². The van der Waals surface area contributed by atoms with E-state index in [0.717, 1.165) is 6.07 Å². The van der Waals surface area contributed by atoms with Gasteiger partial charge in [0, 0.05) is 18.8 Å². The number of rotatable bonds is 1. The van der Waals surface area contributed by atoms with Gasteiger partial charge in [-0.2, -0.15) is 23.3 Å². The number of hydrogen-bond acceptors (Lipinski definition) is 3. The third kappa shape index (κ3) is 2.35. The summed E-state index contributed by atoms with van der Waals surface area (Å²) < 4.78 is 38.8. The SMILES string of the molecule is Cn1cc(-c2cc(C(F)(F)F)[nH]c(=O)n2)cn1. The van der Waals surface area contributed by atoms with Crippen molar-refractivity contribution in [1.82, 2.24) is 19.7 Å².